The molecule has 1 aliphatic heterocycles. The van der Waals surface area contributed by atoms with Crippen LogP contribution < -0.4 is 15.0 Å². The quantitative estimate of drug-likeness (QED) is 0.290. The average molecular weight is 545 g/mol. The molecule has 6 unspecified atom stereocenters. The average Bonchev–Trinajstić information content (AvgIpc) is 3.69. The number of nitrogens with zero attached hydrogens (tertiary/aromatic N) is 1. The topological polar surface area (TPSA) is 75.7 Å². The van der Waals surface area contributed by atoms with Gasteiger partial charge in [-0.05, 0) is 90.8 Å². The van der Waals surface area contributed by atoms with E-state index in [4.69, 9.17) is 27.9 Å². The highest BCUT2D eigenvalue weighted by atomic mass is 35.5. The van der Waals surface area contributed by atoms with E-state index in [1.807, 2.05) is 0 Å². The Balaban J connectivity index is 1.06. The number of rotatable bonds is 5. The Morgan fingerprint density at radius 3 is 2.21 bits per heavy atom. The van der Waals surface area contributed by atoms with Gasteiger partial charge in [-0.3, -0.25) is 14.4 Å². The van der Waals surface area contributed by atoms with Crippen molar-refractivity contribution < 1.29 is 19.1 Å². The van der Waals surface area contributed by atoms with E-state index in [2.05, 4.69) is 17.5 Å². The van der Waals surface area contributed by atoms with Crippen LogP contribution in [0.25, 0.3) is 0 Å². The van der Waals surface area contributed by atoms with E-state index in [0.717, 1.165) is 6.42 Å². The van der Waals surface area contributed by atoms with E-state index in [1.54, 1.807) is 66.7 Å². The Labute approximate surface area is 229 Å². The van der Waals surface area contributed by atoms with Crippen molar-refractivity contribution in [2.45, 2.75) is 6.42 Å². The maximum Gasteiger partial charge on any atom is 0.255 e. The molecule has 38 heavy (non-hydrogen) atoms. The van der Waals surface area contributed by atoms with Crippen LogP contribution >= 0.6 is 23.2 Å². The van der Waals surface area contributed by atoms with Gasteiger partial charge in [-0.1, -0.05) is 41.4 Å². The van der Waals surface area contributed by atoms with E-state index in [1.165, 1.54) is 4.90 Å². The predicted octanol–water partition coefficient (Wildman–Crippen LogP) is 6.60. The molecule has 2 bridgehead atoms. The number of nitrogens with one attached hydrogen (secondary N) is 1. The van der Waals surface area contributed by atoms with Crippen molar-refractivity contribution >= 4 is 52.3 Å². The van der Waals surface area contributed by atoms with Crippen LogP contribution in [-0.2, 0) is 9.59 Å². The van der Waals surface area contributed by atoms with Crippen LogP contribution in [0.15, 0.2) is 78.9 Å². The summed E-state index contributed by atoms with van der Waals surface area (Å²) in [5, 5.41) is 3.77. The summed E-state index contributed by atoms with van der Waals surface area (Å²) in [6, 6.07) is 18.5. The highest BCUT2D eigenvalue weighted by Crippen LogP contribution is 2.65. The summed E-state index contributed by atoms with van der Waals surface area (Å²) >= 11 is 12.1. The van der Waals surface area contributed by atoms with Crippen LogP contribution in [-0.4, -0.2) is 17.7 Å². The third-order valence-electron chi connectivity index (χ3n) is 8.26. The van der Waals surface area contributed by atoms with E-state index in [9.17, 15) is 14.4 Å². The van der Waals surface area contributed by atoms with Crippen LogP contribution in [0.2, 0.25) is 10.0 Å². The first kappa shape index (κ1) is 23.5. The Morgan fingerprint density at radius 1 is 0.868 bits per heavy atom. The number of ether oxygens (including phenoxy) is 1. The number of imide groups is 1. The zero-order valence-electron chi connectivity index (χ0n) is 20.0. The first-order valence-electron chi connectivity index (χ1n) is 12.6. The van der Waals surface area contributed by atoms with Gasteiger partial charge in [0.2, 0.25) is 11.8 Å². The molecule has 190 valence electrons. The van der Waals surface area contributed by atoms with Crippen LogP contribution in [0, 0.1) is 35.5 Å². The lowest BCUT2D eigenvalue weighted by molar-refractivity contribution is -0.124. The number of allylic oxidation sites excluding steroid dienone is 2. The van der Waals surface area contributed by atoms with Crippen molar-refractivity contribution in [3.8, 4) is 11.5 Å². The van der Waals surface area contributed by atoms with Crippen molar-refractivity contribution in [1.29, 1.82) is 0 Å². The van der Waals surface area contributed by atoms with Crippen LogP contribution in [0.5, 0.6) is 11.5 Å². The van der Waals surface area contributed by atoms with Gasteiger partial charge in [-0.2, -0.15) is 0 Å². The lowest BCUT2D eigenvalue weighted by atomic mass is 9.63. The van der Waals surface area contributed by atoms with Crippen LogP contribution in [0.1, 0.15) is 16.8 Å². The number of hydrogen-bond donors (Lipinski definition) is 1. The normalized spacial score (nSPS) is 28.2. The van der Waals surface area contributed by atoms with Gasteiger partial charge >= 0.3 is 0 Å². The molecule has 3 amide bonds. The lowest BCUT2D eigenvalue weighted by Gasteiger charge is -2.37. The third kappa shape index (κ3) is 3.74. The summed E-state index contributed by atoms with van der Waals surface area (Å²) in [5.74, 6) is 1.23. The monoisotopic (exact) mass is 544 g/mol. The molecule has 1 saturated heterocycles. The van der Waals surface area contributed by atoms with Crippen molar-refractivity contribution in [3.05, 3.63) is 94.5 Å². The molecule has 8 rings (SSSR count). The standard InChI is InChI=1S/C30H22Cl2N2O4/c31-16-4-11-25(24(32)13-16)38-19-7-5-17(6-8-19)33-28(35)15-2-1-3-18(12-15)34-29(36)26-20-9-10-21(23-14-22(20)23)27(26)30(34)37/h1-13,20-23,26-27H,14H2,(H,33,35). The number of carbonyl (C=O) groups excluding carboxylic acids is 3. The minimum absolute atomic E-state index is 0.140. The molecular weight excluding hydrogens is 523 g/mol. The molecule has 3 aromatic carbocycles. The molecule has 5 aliphatic rings. The zero-order valence-corrected chi connectivity index (χ0v) is 21.5. The summed E-state index contributed by atoms with van der Waals surface area (Å²) in [4.78, 5) is 41.2. The lowest BCUT2D eigenvalue weighted by Crippen LogP contribution is -2.40. The number of benzene rings is 3. The molecule has 1 N–H and O–H groups in total. The van der Waals surface area contributed by atoms with E-state index >= 15 is 0 Å². The fourth-order valence-electron chi connectivity index (χ4n) is 6.49. The summed E-state index contributed by atoms with van der Waals surface area (Å²) in [7, 11) is 0. The van der Waals surface area contributed by atoms with Crippen molar-refractivity contribution in [2.24, 2.45) is 35.5 Å². The zero-order chi connectivity index (χ0) is 26.1. The number of halogens is 2. The Hall–Kier alpha value is -3.61. The third-order valence-corrected chi connectivity index (χ3v) is 8.79. The summed E-state index contributed by atoms with van der Waals surface area (Å²) < 4.78 is 5.79. The predicted molar refractivity (Wildman–Crippen MR) is 145 cm³/mol. The molecular formula is C30H22Cl2N2O4. The van der Waals surface area contributed by atoms with Gasteiger partial charge in [-0.25, -0.2) is 4.90 Å². The van der Waals surface area contributed by atoms with E-state index in [0.29, 0.717) is 50.3 Å². The van der Waals surface area contributed by atoms with Gasteiger partial charge < -0.3 is 10.1 Å². The summed E-state index contributed by atoms with van der Waals surface area (Å²) in [6.45, 7) is 0. The number of amides is 3. The molecule has 6 nitrogen and oxygen atoms in total. The highest BCUT2D eigenvalue weighted by Gasteiger charge is 2.67. The van der Waals surface area contributed by atoms with Gasteiger partial charge in [0.05, 0.1) is 22.5 Å². The highest BCUT2D eigenvalue weighted by molar-refractivity contribution is 6.35. The molecule has 0 radical (unpaired) electrons. The Bertz CT molecular complexity index is 1500. The summed E-state index contributed by atoms with van der Waals surface area (Å²) in [5.41, 5.74) is 1.37. The maximum atomic E-state index is 13.4. The van der Waals surface area contributed by atoms with Crippen molar-refractivity contribution in [2.75, 3.05) is 10.2 Å². The fraction of sp³-hybridized carbons (Fsp3) is 0.233. The Kier molecular flexibility index (Phi) is 5.39. The number of carbonyl (C=O) groups is 3. The number of anilines is 2. The molecule has 0 spiro atoms. The molecule has 2 saturated carbocycles. The van der Waals surface area contributed by atoms with Crippen LogP contribution in [0.4, 0.5) is 11.4 Å². The molecule has 3 fully saturated rings. The largest absolute Gasteiger partial charge is 0.456 e. The minimum atomic E-state index is -0.347. The maximum absolute atomic E-state index is 13.4. The van der Waals surface area contributed by atoms with E-state index < -0.39 is 0 Å². The molecule has 8 heteroatoms. The fourth-order valence-corrected chi connectivity index (χ4v) is 6.94. The van der Waals surface area contributed by atoms with Crippen molar-refractivity contribution in [3.63, 3.8) is 0 Å². The second-order valence-electron chi connectivity index (χ2n) is 10.4. The summed E-state index contributed by atoms with van der Waals surface area (Å²) in [6.07, 6.45) is 5.42. The van der Waals surface area contributed by atoms with Gasteiger partial charge in [0.15, 0.2) is 0 Å². The van der Waals surface area contributed by atoms with Gasteiger partial charge in [-0.15, -0.1) is 0 Å². The second kappa shape index (κ2) is 8.72. The molecule has 3 aromatic rings. The smallest absolute Gasteiger partial charge is 0.255 e. The minimum Gasteiger partial charge on any atom is -0.456 e. The van der Waals surface area contributed by atoms with Crippen LogP contribution in [0.3, 0.4) is 0 Å². The van der Waals surface area contributed by atoms with Gasteiger partial charge in [0, 0.05) is 16.3 Å². The van der Waals surface area contributed by atoms with Gasteiger partial charge in [0.1, 0.15) is 11.5 Å². The first-order valence-corrected chi connectivity index (χ1v) is 13.3. The molecule has 0 aromatic heterocycles. The Morgan fingerprint density at radius 2 is 1.55 bits per heavy atom. The SMILES string of the molecule is O=C(Nc1ccc(Oc2ccc(Cl)cc2Cl)cc1)c1cccc(N2C(=O)C3C4C=CC(C5CC45)C3C2=O)c1. The van der Waals surface area contributed by atoms with Crippen molar-refractivity contribution in [1.82, 2.24) is 0 Å². The number of hydrogen-bond acceptors (Lipinski definition) is 4. The second-order valence-corrected chi connectivity index (χ2v) is 11.2. The van der Waals surface area contributed by atoms with E-state index in [-0.39, 0.29) is 41.4 Å². The molecule has 4 aliphatic carbocycles. The molecule has 1 heterocycles. The molecule has 6 atom stereocenters. The first-order chi connectivity index (χ1) is 18.4. The van der Waals surface area contributed by atoms with Gasteiger partial charge in [0.25, 0.3) is 5.91 Å².